The van der Waals surface area contributed by atoms with Crippen molar-refractivity contribution >= 4 is 23.0 Å². The van der Waals surface area contributed by atoms with Gasteiger partial charge in [-0.25, -0.2) is 0 Å². The first-order chi connectivity index (χ1) is 7.74. The number of benzene rings is 2. The Bertz CT molecular complexity index is 439. The third-order valence-corrected chi connectivity index (χ3v) is 2.39. The van der Waals surface area contributed by atoms with Crippen LogP contribution in [0, 0.1) is 6.92 Å². The van der Waals surface area contributed by atoms with E-state index in [4.69, 9.17) is 11.6 Å². The molecule has 2 nitrogen and oxygen atoms in total. The summed E-state index contributed by atoms with van der Waals surface area (Å²) >= 11 is 5.77. The minimum atomic E-state index is 0.703. The van der Waals surface area contributed by atoms with Crippen molar-refractivity contribution in [3.8, 4) is 0 Å². The van der Waals surface area contributed by atoms with Gasteiger partial charge in [-0.05, 0) is 43.3 Å². The fourth-order valence-electron chi connectivity index (χ4n) is 1.23. The van der Waals surface area contributed by atoms with Crippen LogP contribution in [0.1, 0.15) is 5.56 Å². The van der Waals surface area contributed by atoms with Gasteiger partial charge in [0.15, 0.2) is 0 Å². The van der Waals surface area contributed by atoms with Gasteiger partial charge in [-0.1, -0.05) is 29.3 Å². The van der Waals surface area contributed by atoms with Crippen LogP contribution in [0.2, 0.25) is 5.02 Å². The number of aryl methyl sites for hydroxylation is 1. The highest BCUT2D eigenvalue weighted by Crippen LogP contribution is 2.20. The molecular formula is C13H11ClN2. The summed E-state index contributed by atoms with van der Waals surface area (Å²) in [6.45, 7) is 2.04. The Balaban J connectivity index is 2.15. The summed E-state index contributed by atoms with van der Waals surface area (Å²) < 4.78 is 0. The highest BCUT2D eigenvalue weighted by atomic mass is 35.5. The van der Waals surface area contributed by atoms with Gasteiger partial charge in [0, 0.05) is 5.02 Å². The van der Waals surface area contributed by atoms with Gasteiger partial charge < -0.3 is 0 Å². The second-order valence-corrected chi connectivity index (χ2v) is 3.95. The maximum Gasteiger partial charge on any atom is 0.0858 e. The molecule has 2 aromatic rings. The van der Waals surface area contributed by atoms with Crippen LogP contribution in [0.15, 0.2) is 58.8 Å². The van der Waals surface area contributed by atoms with E-state index < -0.39 is 0 Å². The zero-order chi connectivity index (χ0) is 11.4. The third-order valence-electron chi connectivity index (χ3n) is 2.14. The zero-order valence-electron chi connectivity index (χ0n) is 8.89. The maximum atomic E-state index is 5.77. The molecule has 0 spiro atoms. The Kier molecular flexibility index (Phi) is 3.32. The number of rotatable bonds is 2. The van der Waals surface area contributed by atoms with Crippen LogP contribution in [-0.4, -0.2) is 0 Å². The van der Waals surface area contributed by atoms with Crippen molar-refractivity contribution in [2.45, 2.75) is 6.92 Å². The van der Waals surface area contributed by atoms with E-state index in [2.05, 4.69) is 10.2 Å². The molecule has 0 saturated heterocycles. The Labute approximate surface area is 99.6 Å². The van der Waals surface area contributed by atoms with Gasteiger partial charge >= 0.3 is 0 Å². The highest BCUT2D eigenvalue weighted by molar-refractivity contribution is 6.30. The Morgan fingerprint density at radius 2 is 1.19 bits per heavy atom. The smallest absolute Gasteiger partial charge is 0.0858 e. The van der Waals surface area contributed by atoms with E-state index in [1.54, 1.807) is 12.1 Å². The Morgan fingerprint density at radius 3 is 1.69 bits per heavy atom. The van der Waals surface area contributed by atoms with Gasteiger partial charge in [-0.15, -0.1) is 0 Å². The van der Waals surface area contributed by atoms with E-state index in [1.807, 2.05) is 43.3 Å². The summed E-state index contributed by atoms with van der Waals surface area (Å²) in [6, 6.07) is 15.2. The zero-order valence-corrected chi connectivity index (χ0v) is 9.65. The molecule has 0 bridgehead atoms. The van der Waals surface area contributed by atoms with Crippen molar-refractivity contribution in [3.05, 3.63) is 59.1 Å². The summed E-state index contributed by atoms with van der Waals surface area (Å²) in [5.74, 6) is 0. The lowest BCUT2D eigenvalue weighted by Gasteiger charge is -1.94. The molecule has 3 heteroatoms. The van der Waals surface area contributed by atoms with Crippen LogP contribution in [0.3, 0.4) is 0 Å². The number of hydrogen-bond donors (Lipinski definition) is 0. The van der Waals surface area contributed by atoms with Crippen LogP contribution in [0.4, 0.5) is 11.4 Å². The Morgan fingerprint density at radius 1 is 0.750 bits per heavy atom. The molecular weight excluding hydrogens is 220 g/mol. The van der Waals surface area contributed by atoms with Gasteiger partial charge in [0.25, 0.3) is 0 Å². The summed E-state index contributed by atoms with van der Waals surface area (Å²) in [5.41, 5.74) is 2.86. The van der Waals surface area contributed by atoms with Crippen molar-refractivity contribution in [2.75, 3.05) is 0 Å². The largest absolute Gasteiger partial charge is 0.151 e. The highest BCUT2D eigenvalue weighted by Gasteiger charge is 1.91. The van der Waals surface area contributed by atoms with E-state index in [1.165, 1.54) is 5.56 Å². The van der Waals surface area contributed by atoms with Crippen LogP contribution in [0.25, 0.3) is 0 Å². The quantitative estimate of drug-likeness (QED) is 0.644. The maximum absolute atomic E-state index is 5.77. The fraction of sp³-hybridized carbons (Fsp3) is 0.0769. The lowest BCUT2D eigenvalue weighted by Crippen LogP contribution is -1.68. The Hall–Kier alpha value is -1.67. The topological polar surface area (TPSA) is 24.7 Å². The van der Waals surface area contributed by atoms with Crippen molar-refractivity contribution in [3.63, 3.8) is 0 Å². The molecule has 0 saturated carbocycles. The van der Waals surface area contributed by atoms with Crippen LogP contribution >= 0.6 is 11.6 Å². The second-order valence-electron chi connectivity index (χ2n) is 3.51. The van der Waals surface area contributed by atoms with Crippen LogP contribution in [0.5, 0.6) is 0 Å². The van der Waals surface area contributed by atoms with E-state index in [0.717, 1.165) is 11.4 Å². The van der Waals surface area contributed by atoms with Crippen molar-refractivity contribution in [2.24, 2.45) is 10.2 Å². The van der Waals surface area contributed by atoms with E-state index >= 15 is 0 Å². The second kappa shape index (κ2) is 4.90. The predicted molar refractivity (Wildman–Crippen MR) is 66.8 cm³/mol. The lowest BCUT2D eigenvalue weighted by atomic mass is 10.2. The van der Waals surface area contributed by atoms with Crippen molar-refractivity contribution in [1.29, 1.82) is 0 Å². The van der Waals surface area contributed by atoms with Crippen molar-refractivity contribution < 1.29 is 0 Å². The molecule has 0 heterocycles. The number of azo groups is 1. The van der Waals surface area contributed by atoms with Gasteiger partial charge in [0.1, 0.15) is 0 Å². The first-order valence-corrected chi connectivity index (χ1v) is 5.36. The minimum Gasteiger partial charge on any atom is -0.151 e. The van der Waals surface area contributed by atoms with Crippen molar-refractivity contribution in [1.82, 2.24) is 0 Å². The van der Waals surface area contributed by atoms with E-state index in [9.17, 15) is 0 Å². The van der Waals surface area contributed by atoms with Gasteiger partial charge in [0.05, 0.1) is 11.4 Å². The number of hydrogen-bond acceptors (Lipinski definition) is 2. The first kappa shape index (κ1) is 10.8. The van der Waals surface area contributed by atoms with Gasteiger partial charge in [-0.3, -0.25) is 0 Å². The molecule has 0 N–H and O–H groups in total. The summed E-state index contributed by atoms with van der Waals surface area (Å²) in [7, 11) is 0. The molecule has 2 aromatic carbocycles. The molecule has 0 aliphatic carbocycles. The average Bonchev–Trinajstić information content (AvgIpc) is 2.30. The molecule has 0 fully saturated rings. The molecule has 80 valence electrons. The normalized spacial score (nSPS) is 10.9. The van der Waals surface area contributed by atoms with E-state index in [-0.39, 0.29) is 0 Å². The molecule has 0 aliphatic heterocycles. The number of nitrogens with zero attached hydrogens (tertiary/aromatic N) is 2. The molecule has 16 heavy (non-hydrogen) atoms. The van der Waals surface area contributed by atoms with Crippen LogP contribution in [-0.2, 0) is 0 Å². The fourth-order valence-corrected chi connectivity index (χ4v) is 1.36. The predicted octanol–water partition coefficient (Wildman–Crippen LogP) is 5.06. The molecule has 0 amide bonds. The molecule has 0 unspecified atom stereocenters. The third kappa shape index (κ3) is 2.91. The number of halogens is 1. The molecule has 0 aliphatic rings. The summed E-state index contributed by atoms with van der Waals surface area (Å²) in [4.78, 5) is 0. The summed E-state index contributed by atoms with van der Waals surface area (Å²) in [6.07, 6.45) is 0. The minimum absolute atomic E-state index is 0.703. The van der Waals surface area contributed by atoms with E-state index in [0.29, 0.717) is 5.02 Å². The molecule has 0 aromatic heterocycles. The van der Waals surface area contributed by atoms with Gasteiger partial charge in [-0.2, -0.15) is 10.2 Å². The molecule has 0 radical (unpaired) electrons. The summed E-state index contributed by atoms with van der Waals surface area (Å²) in [5, 5.41) is 8.95. The molecule has 2 rings (SSSR count). The first-order valence-electron chi connectivity index (χ1n) is 4.98. The SMILES string of the molecule is Cc1ccc(N=Nc2ccc(Cl)cc2)cc1. The standard InChI is InChI=1S/C13H11ClN2/c1-10-2-6-12(7-3-10)15-16-13-8-4-11(14)5-9-13/h2-9H,1H3. The molecule has 0 atom stereocenters. The average molecular weight is 231 g/mol. The monoisotopic (exact) mass is 230 g/mol. The van der Waals surface area contributed by atoms with Gasteiger partial charge in [0.2, 0.25) is 0 Å². The van der Waals surface area contributed by atoms with Crippen LogP contribution < -0.4 is 0 Å². The lowest BCUT2D eigenvalue weighted by molar-refractivity contribution is 1.23.